The number of nitrogens with one attached hydrogen (secondary N) is 1. The van der Waals surface area contributed by atoms with Gasteiger partial charge in [-0.05, 0) is 36.5 Å². The Morgan fingerprint density at radius 1 is 1.44 bits per heavy atom. The summed E-state index contributed by atoms with van der Waals surface area (Å²) in [6.45, 7) is 4.20. The molecule has 2 rings (SSSR count). The smallest absolute Gasteiger partial charge is 0.310 e. The molecule has 0 amide bonds. The first kappa shape index (κ1) is 21.7. The average molecular weight is 463 g/mol. The number of halogens is 2. The van der Waals surface area contributed by atoms with Crippen LogP contribution in [0.5, 0.6) is 0 Å². The second-order valence-electron chi connectivity index (χ2n) is 6.22. The minimum atomic E-state index is -0.198. The Hall–Kier alpha value is -1.38. The molecule has 0 bridgehead atoms. The molecule has 1 aliphatic rings. The van der Waals surface area contributed by atoms with Gasteiger partial charge in [0.1, 0.15) is 5.82 Å². The van der Waals surface area contributed by atoms with Crippen LogP contribution < -0.4 is 5.32 Å². The van der Waals surface area contributed by atoms with Crippen molar-refractivity contribution >= 4 is 35.9 Å². The Morgan fingerprint density at radius 2 is 2.20 bits per heavy atom. The largest absolute Gasteiger partial charge is 0.469 e. The van der Waals surface area contributed by atoms with Crippen molar-refractivity contribution in [1.82, 2.24) is 10.2 Å². The molecule has 1 aliphatic heterocycles. The number of aryl methyl sites for hydroxylation is 1. The van der Waals surface area contributed by atoms with Crippen LogP contribution in [0.4, 0.5) is 4.39 Å². The monoisotopic (exact) mass is 463 g/mol. The summed E-state index contributed by atoms with van der Waals surface area (Å²) >= 11 is 0. The van der Waals surface area contributed by atoms with Gasteiger partial charge in [0.25, 0.3) is 0 Å². The quantitative estimate of drug-likeness (QED) is 0.240. The van der Waals surface area contributed by atoms with Crippen molar-refractivity contribution in [2.75, 3.05) is 33.8 Å². The average Bonchev–Trinajstić information content (AvgIpc) is 2.96. The van der Waals surface area contributed by atoms with Crippen molar-refractivity contribution in [1.29, 1.82) is 0 Å². The van der Waals surface area contributed by atoms with Crippen molar-refractivity contribution in [3.63, 3.8) is 0 Å². The van der Waals surface area contributed by atoms with Crippen LogP contribution in [0.1, 0.15) is 18.9 Å². The zero-order valence-corrected chi connectivity index (χ0v) is 17.3. The lowest BCUT2D eigenvalue weighted by Crippen LogP contribution is -2.41. The highest BCUT2D eigenvalue weighted by Crippen LogP contribution is 2.24. The first-order chi connectivity index (χ1) is 11.5. The maximum absolute atomic E-state index is 13.2. The first-order valence-electron chi connectivity index (χ1n) is 8.33. The molecule has 0 saturated carbocycles. The normalized spacial score (nSPS) is 20.2. The molecule has 25 heavy (non-hydrogen) atoms. The summed E-state index contributed by atoms with van der Waals surface area (Å²) in [5.74, 6) is 0.569. The maximum Gasteiger partial charge on any atom is 0.310 e. The van der Waals surface area contributed by atoms with E-state index in [1.54, 1.807) is 19.2 Å². The van der Waals surface area contributed by atoms with Gasteiger partial charge in [-0.1, -0.05) is 19.1 Å². The van der Waals surface area contributed by atoms with Crippen LogP contribution in [0.2, 0.25) is 0 Å². The van der Waals surface area contributed by atoms with E-state index in [-0.39, 0.29) is 47.6 Å². The van der Waals surface area contributed by atoms with Gasteiger partial charge in [0.05, 0.1) is 13.0 Å². The Labute approximate surface area is 166 Å². The Morgan fingerprint density at radius 3 is 2.84 bits per heavy atom. The number of carbonyl (C=O) groups excluding carboxylic acids is 1. The summed E-state index contributed by atoms with van der Waals surface area (Å²) in [5, 5.41) is 3.32. The molecule has 7 heteroatoms. The van der Waals surface area contributed by atoms with Gasteiger partial charge in [-0.15, -0.1) is 24.0 Å². The van der Waals surface area contributed by atoms with Crippen LogP contribution in [0.3, 0.4) is 0 Å². The summed E-state index contributed by atoms with van der Waals surface area (Å²) < 4.78 is 18.0. The Bertz CT molecular complexity index is 597. The van der Waals surface area contributed by atoms with Crippen LogP contribution in [0.15, 0.2) is 29.3 Å². The number of likely N-dealkylation sites (tertiary alicyclic amines) is 1. The molecule has 2 unspecified atom stereocenters. The molecule has 1 N–H and O–H groups in total. The second kappa shape index (κ2) is 10.6. The van der Waals surface area contributed by atoms with Crippen LogP contribution in [-0.4, -0.2) is 50.6 Å². The molecule has 0 aromatic heterocycles. The van der Waals surface area contributed by atoms with Crippen LogP contribution in [0, 0.1) is 17.7 Å². The second-order valence-corrected chi connectivity index (χ2v) is 6.22. The summed E-state index contributed by atoms with van der Waals surface area (Å²) in [6, 6.07) is 6.68. The van der Waals surface area contributed by atoms with E-state index in [0.717, 1.165) is 37.5 Å². The molecule has 1 aromatic rings. The number of methoxy groups -OCH3 is 1. The zero-order chi connectivity index (χ0) is 17.5. The molecule has 140 valence electrons. The van der Waals surface area contributed by atoms with E-state index in [1.165, 1.54) is 13.2 Å². The summed E-state index contributed by atoms with van der Waals surface area (Å²) in [5.41, 5.74) is 0.993. The molecule has 0 spiro atoms. The van der Waals surface area contributed by atoms with Gasteiger partial charge < -0.3 is 15.0 Å². The third kappa shape index (κ3) is 6.13. The van der Waals surface area contributed by atoms with Crippen molar-refractivity contribution in [3.8, 4) is 0 Å². The van der Waals surface area contributed by atoms with Crippen molar-refractivity contribution < 1.29 is 13.9 Å². The molecular weight excluding hydrogens is 436 g/mol. The minimum Gasteiger partial charge on any atom is -0.469 e. The number of guanidine groups is 1. The fourth-order valence-corrected chi connectivity index (χ4v) is 3.12. The number of benzene rings is 1. The molecule has 1 saturated heterocycles. The van der Waals surface area contributed by atoms with Gasteiger partial charge in [0, 0.05) is 26.7 Å². The SMILES string of the molecule is CN=C(NCCCc1cccc(F)c1)N1CC(C)C(C(=O)OC)C1.I. The number of ether oxygens (including phenoxy) is 1. The van der Waals surface area contributed by atoms with E-state index in [0.29, 0.717) is 6.54 Å². The number of hydrogen-bond acceptors (Lipinski definition) is 3. The third-order valence-electron chi connectivity index (χ3n) is 4.44. The molecule has 1 aromatic carbocycles. The van der Waals surface area contributed by atoms with Crippen LogP contribution in [-0.2, 0) is 16.0 Å². The van der Waals surface area contributed by atoms with Crippen LogP contribution in [0.25, 0.3) is 0 Å². The van der Waals surface area contributed by atoms with E-state index in [1.807, 2.05) is 6.07 Å². The maximum atomic E-state index is 13.2. The predicted molar refractivity (Wildman–Crippen MR) is 108 cm³/mol. The van der Waals surface area contributed by atoms with Crippen molar-refractivity contribution in [2.24, 2.45) is 16.8 Å². The molecule has 0 aliphatic carbocycles. The van der Waals surface area contributed by atoms with Gasteiger partial charge in [0.15, 0.2) is 5.96 Å². The van der Waals surface area contributed by atoms with Gasteiger partial charge >= 0.3 is 5.97 Å². The number of rotatable bonds is 5. The Balaban J connectivity index is 0.00000312. The van der Waals surface area contributed by atoms with Crippen LogP contribution >= 0.6 is 24.0 Å². The standard InChI is InChI=1S/C18H26FN3O2.HI/c1-13-11-22(12-16(13)17(23)24-3)18(20-2)21-9-5-7-14-6-4-8-15(19)10-14;/h4,6,8,10,13,16H,5,7,9,11-12H2,1-3H3,(H,20,21);1H. The molecule has 1 fully saturated rings. The fourth-order valence-electron chi connectivity index (χ4n) is 3.12. The number of carbonyl (C=O) groups is 1. The van der Waals surface area contributed by atoms with Crippen molar-refractivity contribution in [3.05, 3.63) is 35.6 Å². The van der Waals surface area contributed by atoms with E-state index in [9.17, 15) is 9.18 Å². The molecule has 2 atom stereocenters. The number of aliphatic imine (C=N–C) groups is 1. The first-order valence-corrected chi connectivity index (χ1v) is 8.33. The third-order valence-corrected chi connectivity index (χ3v) is 4.44. The topological polar surface area (TPSA) is 53.9 Å². The van der Waals surface area contributed by atoms with E-state index < -0.39 is 0 Å². The minimum absolute atomic E-state index is 0. The van der Waals surface area contributed by atoms with Gasteiger partial charge in [-0.3, -0.25) is 9.79 Å². The Kier molecular flexibility index (Phi) is 9.16. The van der Waals surface area contributed by atoms with E-state index >= 15 is 0 Å². The summed E-state index contributed by atoms with van der Waals surface area (Å²) in [6.07, 6.45) is 1.69. The molecule has 5 nitrogen and oxygen atoms in total. The molecule has 0 radical (unpaired) electrons. The zero-order valence-electron chi connectivity index (χ0n) is 15.0. The van der Waals surface area contributed by atoms with Gasteiger partial charge in [-0.2, -0.15) is 0 Å². The number of hydrogen-bond donors (Lipinski definition) is 1. The highest BCUT2D eigenvalue weighted by atomic mass is 127. The summed E-state index contributed by atoms with van der Waals surface area (Å²) in [7, 11) is 3.17. The van der Waals surface area contributed by atoms with Crippen molar-refractivity contribution in [2.45, 2.75) is 19.8 Å². The summed E-state index contributed by atoms with van der Waals surface area (Å²) in [4.78, 5) is 18.2. The van der Waals surface area contributed by atoms with E-state index in [4.69, 9.17) is 4.74 Å². The van der Waals surface area contributed by atoms with Gasteiger partial charge in [0.2, 0.25) is 0 Å². The molecule has 1 heterocycles. The lowest BCUT2D eigenvalue weighted by Gasteiger charge is -2.21. The lowest BCUT2D eigenvalue weighted by molar-refractivity contribution is -0.145. The number of nitrogens with zero attached hydrogens (tertiary/aromatic N) is 2. The highest BCUT2D eigenvalue weighted by molar-refractivity contribution is 14.0. The highest BCUT2D eigenvalue weighted by Gasteiger charge is 2.36. The fraction of sp³-hybridized carbons (Fsp3) is 0.556. The predicted octanol–water partition coefficient (Wildman–Crippen LogP) is 2.69. The van der Waals surface area contributed by atoms with Gasteiger partial charge in [-0.25, -0.2) is 4.39 Å². The lowest BCUT2D eigenvalue weighted by atomic mass is 9.99. The number of esters is 1. The molecular formula is C18H27FIN3O2. The van der Waals surface area contributed by atoms with E-state index in [2.05, 4.69) is 22.1 Å².